The molecular formula is C13H21NO2. The van der Waals surface area contributed by atoms with Crippen molar-refractivity contribution >= 4 is 0 Å². The van der Waals surface area contributed by atoms with Gasteiger partial charge in [0.25, 0.3) is 0 Å². The Bertz CT molecular complexity index is 264. The third-order valence-corrected chi connectivity index (χ3v) is 2.32. The van der Waals surface area contributed by atoms with Crippen molar-refractivity contribution < 1.29 is 9.47 Å². The van der Waals surface area contributed by atoms with E-state index < -0.39 is 0 Å². The predicted octanol–water partition coefficient (Wildman–Crippen LogP) is 2.21. The van der Waals surface area contributed by atoms with Crippen molar-refractivity contribution in [3.05, 3.63) is 30.3 Å². The number of nitrogens with two attached hydrogens (primary N) is 1. The molecule has 0 aliphatic carbocycles. The Hall–Kier alpha value is -1.06. The van der Waals surface area contributed by atoms with Gasteiger partial charge in [-0.2, -0.15) is 0 Å². The highest BCUT2D eigenvalue weighted by Crippen LogP contribution is 2.08. The van der Waals surface area contributed by atoms with Crippen LogP contribution < -0.4 is 10.5 Å². The molecule has 0 bridgehead atoms. The fraction of sp³-hybridized carbons (Fsp3) is 0.538. The van der Waals surface area contributed by atoms with Crippen LogP contribution in [0.4, 0.5) is 0 Å². The zero-order valence-electron chi connectivity index (χ0n) is 9.89. The molecule has 0 radical (unpaired) electrons. The molecule has 3 nitrogen and oxygen atoms in total. The number of hydrogen-bond donors (Lipinski definition) is 1. The van der Waals surface area contributed by atoms with E-state index in [0.717, 1.165) is 18.6 Å². The summed E-state index contributed by atoms with van der Waals surface area (Å²) >= 11 is 0. The molecular weight excluding hydrogens is 202 g/mol. The predicted molar refractivity (Wildman–Crippen MR) is 65.6 cm³/mol. The minimum atomic E-state index is 0.171. The zero-order valence-corrected chi connectivity index (χ0v) is 9.89. The first-order chi connectivity index (χ1) is 7.86. The molecule has 1 rings (SSSR count). The van der Waals surface area contributed by atoms with Crippen LogP contribution in [0.2, 0.25) is 0 Å². The average molecular weight is 223 g/mol. The van der Waals surface area contributed by atoms with Crippen molar-refractivity contribution in [2.24, 2.45) is 5.73 Å². The summed E-state index contributed by atoms with van der Waals surface area (Å²) in [7, 11) is 0. The van der Waals surface area contributed by atoms with Crippen LogP contribution in [0.5, 0.6) is 5.75 Å². The molecule has 16 heavy (non-hydrogen) atoms. The van der Waals surface area contributed by atoms with Crippen LogP contribution in [0.25, 0.3) is 0 Å². The summed E-state index contributed by atoms with van der Waals surface area (Å²) < 4.78 is 11.1. The van der Waals surface area contributed by atoms with Crippen LogP contribution in [0.1, 0.15) is 19.8 Å². The minimum absolute atomic E-state index is 0.171. The standard InChI is InChI=1S/C13H21NO2/c1-2-6-13(11-14)16-10-9-15-12-7-4-3-5-8-12/h3-5,7-8,13H,2,6,9-11,14H2,1H3. The molecule has 1 unspecified atom stereocenters. The smallest absolute Gasteiger partial charge is 0.119 e. The molecule has 1 aromatic rings. The van der Waals surface area contributed by atoms with Gasteiger partial charge in [-0.25, -0.2) is 0 Å². The third kappa shape index (κ3) is 5.14. The molecule has 0 amide bonds. The lowest BCUT2D eigenvalue weighted by molar-refractivity contribution is 0.0337. The van der Waals surface area contributed by atoms with Crippen LogP contribution in [-0.4, -0.2) is 25.9 Å². The molecule has 2 N–H and O–H groups in total. The molecule has 1 aromatic carbocycles. The second-order valence-corrected chi connectivity index (χ2v) is 3.68. The van der Waals surface area contributed by atoms with Crippen molar-refractivity contribution in [1.82, 2.24) is 0 Å². The van der Waals surface area contributed by atoms with Crippen LogP contribution in [0.3, 0.4) is 0 Å². The maximum Gasteiger partial charge on any atom is 0.119 e. The van der Waals surface area contributed by atoms with Gasteiger partial charge in [-0.05, 0) is 18.6 Å². The van der Waals surface area contributed by atoms with Crippen LogP contribution in [-0.2, 0) is 4.74 Å². The van der Waals surface area contributed by atoms with E-state index in [-0.39, 0.29) is 6.10 Å². The number of para-hydroxylation sites is 1. The van der Waals surface area contributed by atoms with Crippen LogP contribution in [0, 0.1) is 0 Å². The summed E-state index contributed by atoms with van der Waals surface area (Å²) in [6, 6.07) is 9.75. The fourth-order valence-electron chi connectivity index (χ4n) is 1.48. The summed E-state index contributed by atoms with van der Waals surface area (Å²) in [5, 5.41) is 0. The summed E-state index contributed by atoms with van der Waals surface area (Å²) in [4.78, 5) is 0. The molecule has 0 fully saturated rings. The van der Waals surface area contributed by atoms with Crippen molar-refractivity contribution in [1.29, 1.82) is 0 Å². The largest absolute Gasteiger partial charge is 0.491 e. The minimum Gasteiger partial charge on any atom is -0.491 e. The Balaban J connectivity index is 2.11. The van der Waals surface area contributed by atoms with Crippen molar-refractivity contribution in [3.63, 3.8) is 0 Å². The van der Waals surface area contributed by atoms with Crippen molar-refractivity contribution in [3.8, 4) is 5.75 Å². The number of hydrogen-bond acceptors (Lipinski definition) is 3. The lowest BCUT2D eigenvalue weighted by Crippen LogP contribution is -2.25. The first-order valence-electron chi connectivity index (χ1n) is 5.86. The average Bonchev–Trinajstić information content (AvgIpc) is 2.34. The molecule has 0 spiro atoms. The zero-order chi connectivity index (χ0) is 11.6. The van der Waals surface area contributed by atoms with E-state index in [1.54, 1.807) is 0 Å². The number of rotatable bonds is 8. The SMILES string of the molecule is CCCC(CN)OCCOc1ccccc1. The van der Waals surface area contributed by atoms with E-state index >= 15 is 0 Å². The number of benzene rings is 1. The Labute approximate surface area is 97.6 Å². The normalized spacial score (nSPS) is 12.4. The Morgan fingerprint density at radius 2 is 1.94 bits per heavy atom. The quantitative estimate of drug-likeness (QED) is 0.687. The fourth-order valence-corrected chi connectivity index (χ4v) is 1.48. The van der Waals surface area contributed by atoms with Crippen LogP contribution in [0.15, 0.2) is 30.3 Å². The van der Waals surface area contributed by atoms with E-state index in [1.165, 1.54) is 0 Å². The summed E-state index contributed by atoms with van der Waals surface area (Å²) in [5.74, 6) is 0.880. The topological polar surface area (TPSA) is 44.5 Å². The molecule has 3 heteroatoms. The maximum absolute atomic E-state index is 5.60. The van der Waals surface area contributed by atoms with E-state index in [2.05, 4.69) is 6.92 Å². The molecule has 0 heterocycles. The molecule has 0 aliphatic heterocycles. The van der Waals surface area contributed by atoms with Gasteiger partial charge in [0.1, 0.15) is 12.4 Å². The van der Waals surface area contributed by atoms with Gasteiger partial charge in [-0.15, -0.1) is 0 Å². The molecule has 0 aliphatic rings. The van der Waals surface area contributed by atoms with Gasteiger partial charge in [0.15, 0.2) is 0 Å². The van der Waals surface area contributed by atoms with Gasteiger partial charge in [-0.3, -0.25) is 0 Å². The Morgan fingerprint density at radius 1 is 1.19 bits per heavy atom. The maximum atomic E-state index is 5.60. The van der Waals surface area contributed by atoms with Gasteiger partial charge < -0.3 is 15.2 Å². The van der Waals surface area contributed by atoms with Gasteiger partial charge in [0, 0.05) is 6.54 Å². The van der Waals surface area contributed by atoms with E-state index in [4.69, 9.17) is 15.2 Å². The van der Waals surface area contributed by atoms with Gasteiger partial charge >= 0.3 is 0 Å². The first kappa shape index (κ1) is 13.0. The Kier molecular flexibility index (Phi) is 6.61. The van der Waals surface area contributed by atoms with Crippen LogP contribution >= 0.6 is 0 Å². The molecule has 0 saturated carbocycles. The highest BCUT2D eigenvalue weighted by molar-refractivity contribution is 5.20. The molecule has 0 aromatic heterocycles. The second kappa shape index (κ2) is 8.13. The summed E-state index contributed by atoms with van der Waals surface area (Å²) in [6.45, 7) is 3.88. The first-order valence-corrected chi connectivity index (χ1v) is 5.86. The van der Waals surface area contributed by atoms with Crippen molar-refractivity contribution in [2.45, 2.75) is 25.9 Å². The highest BCUT2D eigenvalue weighted by atomic mass is 16.5. The molecule has 90 valence electrons. The lowest BCUT2D eigenvalue weighted by atomic mass is 10.2. The van der Waals surface area contributed by atoms with E-state index in [9.17, 15) is 0 Å². The lowest BCUT2D eigenvalue weighted by Gasteiger charge is -2.15. The molecule has 0 saturated heterocycles. The number of ether oxygens (including phenoxy) is 2. The Morgan fingerprint density at radius 3 is 2.56 bits per heavy atom. The van der Waals surface area contributed by atoms with E-state index in [0.29, 0.717) is 19.8 Å². The summed E-state index contributed by atoms with van der Waals surface area (Å²) in [6.07, 6.45) is 2.29. The van der Waals surface area contributed by atoms with Crippen molar-refractivity contribution in [2.75, 3.05) is 19.8 Å². The second-order valence-electron chi connectivity index (χ2n) is 3.68. The van der Waals surface area contributed by atoms with Gasteiger partial charge in [-0.1, -0.05) is 31.5 Å². The van der Waals surface area contributed by atoms with Gasteiger partial charge in [0.05, 0.1) is 12.7 Å². The monoisotopic (exact) mass is 223 g/mol. The van der Waals surface area contributed by atoms with Gasteiger partial charge in [0.2, 0.25) is 0 Å². The third-order valence-electron chi connectivity index (χ3n) is 2.32. The highest BCUT2D eigenvalue weighted by Gasteiger charge is 2.04. The van der Waals surface area contributed by atoms with E-state index in [1.807, 2.05) is 30.3 Å². The summed E-state index contributed by atoms with van der Waals surface area (Å²) in [5.41, 5.74) is 5.59. The molecule has 1 atom stereocenters.